The number of nitrogens with one attached hydrogen (secondary N) is 1. The van der Waals surface area contributed by atoms with Gasteiger partial charge in [0.15, 0.2) is 0 Å². The number of carbonyl (C=O) groups excluding carboxylic acids is 1. The van der Waals surface area contributed by atoms with Gasteiger partial charge in [0.05, 0.1) is 4.92 Å². The highest BCUT2D eigenvalue weighted by molar-refractivity contribution is 5.86. The zero-order chi connectivity index (χ0) is 21.8. The highest BCUT2D eigenvalue weighted by atomic mass is 16.6. The van der Waals surface area contributed by atoms with E-state index in [1.807, 2.05) is 78.5 Å². The fraction of sp³-hybridized carbons (Fsp3) is 0.160. The summed E-state index contributed by atoms with van der Waals surface area (Å²) in [5.41, 5.74) is 3.83. The van der Waals surface area contributed by atoms with Gasteiger partial charge in [-0.05, 0) is 22.8 Å². The van der Waals surface area contributed by atoms with Gasteiger partial charge >= 0.3 is 0 Å². The molecule has 1 unspecified atom stereocenters. The van der Waals surface area contributed by atoms with Crippen LogP contribution < -0.4 is 5.32 Å². The van der Waals surface area contributed by atoms with E-state index in [1.54, 1.807) is 12.1 Å². The molecule has 6 nitrogen and oxygen atoms in total. The molecule has 0 bridgehead atoms. The molecule has 0 saturated heterocycles. The summed E-state index contributed by atoms with van der Waals surface area (Å²) in [5, 5.41) is 15.4. The highest BCUT2D eigenvalue weighted by Gasteiger charge is 2.23. The lowest BCUT2D eigenvalue weighted by atomic mass is 9.87. The van der Waals surface area contributed by atoms with Crippen LogP contribution in [0.5, 0.6) is 0 Å². The van der Waals surface area contributed by atoms with Crippen molar-refractivity contribution in [2.45, 2.75) is 18.9 Å². The number of hydrogen-bond acceptors (Lipinski definition) is 3. The van der Waals surface area contributed by atoms with Crippen LogP contribution in [0.4, 0.5) is 5.69 Å². The molecule has 1 heterocycles. The van der Waals surface area contributed by atoms with Gasteiger partial charge < -0.3 is 9.88 Å². The van der Waals surface area contributed by atoms with Crippen LogP contribution in [0.1, 0.15) is 29.0 Å². The van der Waals surface area contributed by atoms with Gasteiger partial charge in [0.25, 0.3) is 5.69 Å². The Kier molecular flexibility index (Phi) is 5.80. The van der Waals surface area contributed by atoms with Crippen molar-refractivity contribution in [3.63, 3.8) is 0 Å². The van der Waals surface area contributed by atoms with E-state index in [4.69, 9.17) is 0 Å². The van der Waals surface area contributed by atoms with Crippen LogP contribution in [-0.2, 0) is 18.4 Å². The Bertz CT molecular complexity index is 1230. The zero-order valence-electron chi connectivity index (χ0n) is 17.2. The second-order valence-corrected chi connectivity index (χ2v) is 7.58. The minimum absolute atomic E-state index is 0.0208. The molecule has 156 valence electrons. The van der Waals surface area contributed by atoms with Gasteiger partial charge in [0.1, 0.15) is 0 Å². The van der Waals surface area contributed by atoms with Crippen LogP contribution in [0.25, 0.3) is 10.9 Å². The number of amides is 1. The van der Waals surface area contributed by atoms with Crippen molar-refractivity contribution >= 4 is 22.5 Å². The number of para-hydroxylation sites is 1. The number of fused-ring (bicyclic) bond motifs is 1. The number of rotatable bonds is 7. The average Bonchev–Trinajstić information content (AvgIpc) is 3.13. The van der Waals surface area contributed by atoms with E-state index in [2.05, 4.69) is 5.32 Å². The van der Waals surface area contributed by atoms with Crippen molar-refractivity contribution in [3.8, 4) is 0 Å². The molecule has 1 N–H and O–H groups in total. The number of nitrogens with zero attached hydrogens (tertiary/aromatic N) is 2. The maximum atomic E-state index is 12.9. The molecule has 0 aliphatic heterocycles. The van der Waals surface area contributed by atoms with Crippen molar-refractivity contribution in [2.75, 3.05) is 0 Å². The number of aromatic nitrogens is 1. The van der Waals surface area contributed by atoms with Gasteiger partial charge in [-0.3, -0.25) is 14.9 Å². The normalized spacial score (nSPS) is 11.9. The van der Waals surface area contributed by atoms with E-state index in [-0.39, 0.29) is 23.9 Å². The molecule has 4 rings (SSSR count). The first-order valence-electron chi connectivity index (χ1n) is 10.1. The Morgan fingerprint density at radius 3 is 2.55 bits per heavy atom. The number of carbonyl (C=O) groups is 1. The van der Waals surface area contributed by atoms with Gasteiger partial charge in [-0.15, -0.1) is 0 Å². The molecule has 1 amide bonds. The Morgan fingerprint density at radius 1 is 1.03 bits per heavy atom. The second kappa shape index (κ2) is 8.83. The third-order valence-corrected chi connectivity index (χ3v) is 5.51. The van der Waals surface area contributed by atoms with Gasteiger partial charge in [-0.2, -0.15) is 0 Å². The fourth-order valence-corrected chi connectivity index (χ4v) is 3.97. The summed E-state index contributed by atoms with van der Waals surface area (Å²) in [6.45, 7) is 0.441. The Labute approximate surface area is 180 Å². The van der Waals surface area contributed by atoms with E-state index in [9.17, 15) is 14.9 Å². The largest absolute Gasteiger partial charge is 0.352 e. The summed E-state index contributed by atoms with van der Waals surface area (Å²) in [6, 6.07) is 24.3. The van der Waals surface area contributed by atoms with Gasteiger partial charge in [0, 0.05) is 55.2 Å². The lowest BCUT2D eigenvalue weighted by molar-refractivity contribution is -0.384. The summed E-state index contributed by atoms with van der Waals surface area (Å²) in [5.74, 6) is -0.407. The quantitative estimate of drug-likeness (QED) is 0.345. The predicted octanol–water partition coefficient (Wildman–Crippen LogP) is 4.92. The molecule has 0 radical (unpaired) electrons. The van der Waals surface area contributed by atoms with E-state index in [0.29, 0.717) is 6.54 Å². The molecule has 0 spiro atoms. The van der Waals surface area contributed by atoms with Crippen molar-refractivity contribution < 1.29 is 9.72 Å². The summed E-state index contributed by atoms with van der Waals surface area (Å²) >= 11 is 0. The van der Waals surface area contributed by atoms with Gasteiger partial charge in [-0.1, -0.05) is 60.7 Å². The summed E-state index contributed by atoms with van der Waals surface area (Å²) < 4.78 is 2.02. The fourth-order valence-electron chi connectivity index (χ4n) is 3.97. The number of hydrogen-bond donors (Lipinski definition) is 1. The van der Waals surface area contributed by atoms with Crippen LogP contribution in [0.2, 0.25) is 0 Å². The Morgan fingerprint density at radius 2 is 1.77 bits per heavy atom. The number of non-ortho nitro benzene ring substituents is 1. The molecule has 4 aromatic rings. The number of benzene rings is 3. The van der Waals surface area contributed by atoms with Crippen molar-refractivity contribution in [1.29, 1.82) is 0 Å². The highest BCUT2D eigenvalue weighted by Crippen LogP contribution is 2.35. The number of aryl methyl sites for hydroxylation is 1. The first kappa shape index (κ1) is 20.3. The molecule has 0 fully saturated rings. The third kappa shape index (κ3) is 4.48. The minimum atomic E-state index is -0.404. The lowest BCUT2D eigenvalue weighted by Crippen LogP contribution is -2.25. The van der Waals surface area contributed by atoms with E-state index in [0.717, 1.165) is 27.6 Å². The molecular formula is C25H23N3O3. The predicted molar refractivity (Wildman–Crippen MR) is 121 cm³/mol. The van der Waals surface area contributed by atoms with Crippen LogP contribution in [0, 0.1) is 10.1 Å². The first-order valence-corrected chi connectivity index (χ1v) is 10.1. The van der Waals surface area contributed by atoms with Crippen LogP contribution in [-0.4, -0.2) is 15.4 Å². The molecule has 0 aliphatic carbocycles. The number of nitro groups is 1. The molecule has 1 aromatic heterocycles. The SMILES string of the molecule is Cn1cc(C(CC(=O)NCc2ccccc2)c2cccc([N+](=O)[O-])c2)c2ccccc21. The molecule has 1 atom stereocenters. The van der Waals surface area contributed by atoms with Crippen LogP contribution >= 0.6 is 0 Å². The van der Waals surface area contributed by atoms with Crippen molar-refractivity contribution in [1.82, 2.24) is 9.88 Å². The molecule has 0 aliphatic rings. The van der Waals surface area contributed by atoms with E-state index >= 15 is 0 Å². The van der Waals surface area contributed by atoms with Gasteiger partial charge in [0.2, 0.25) is 5.91 Å². The van der Waals surface area contributed by atoms with Gasteiger partial charge in [-0.25, -0.2) is 0 Å². The standard InChI is InChI=1S/C25H23N3O3/c1-27-17-23(21-12-5-6-13-24(21)27)22(19-10-7-11-20(14-19)28(30)31)15-25(29)26-16-18-8-3-2-4-9-18/h2-14,17,22H,15-16H2,1H3,(H,26,29). The first-order chi connectivity index (χ1) is 15.0. The average molecular weight is 413 g/mol. The van der Waals surface area contributed by atoms with E-state index in [1.165, 1.54) is 6.07 Å². The molecule has 6 heteroatoms. The smallest absolute Gasteiger partial charge is 0.269 e. The van der Waals surface area contributed by atoms with Crippen LogP contribution in [0.15, 0.2) is 85.1 Å². The molecule has 31 heavy (non-hydrogen) atoms. The van der Waals surface area contributed by atoms with Crippen molar-refractivity contribution in [3.05, 3.63) is 112 Å². The molecule has 3 aromatic carbocycles. The third-order valence-electron chi connectivity index (χ3n) is 5.51. The monoisotopic (exact) mass is 413 g/mol. The van der Waals surface area contributed by atoms with Crippen molar-refractivity contribution in [2.24, 2.45) is 7.05 Å². The Balaban J connectivity index is 1.68. The van der Waals surface area contributed by atoms with E-state index < -0.39 is 4.92 Å². The molecule has 0 saturated carbocycles. The zero-order valence-corrected chi connectivity index (χ0v) is 17.2. The second-order valence-electron chi connectivity index (χ2n) is 7.58. The topological polar surface area (TPSA) is 77.2 Å². The maximum absolute atomic E-state index is 12.9. The van der Waals surface area contributed by atoms with Crippen LogP contribution in [0.3, 0.4) is 0 Å². The Hall–Kier alpha value is -3.93. The summed E-state index contributed by atoms with van der Waals surface area (Å²) in [6.07, 6.45) is 2.21. The molecular weight excluding hydrogens is 390 g/mol. The minimum Gasteiger partial charge on any atom is -0.352 e. The lowest BCUT2D eigenvalue weighted by Gasteiger charge is -2.17. The number of nitro benzene ring substituents is 1. The maximum Gasteiger partial charge on any atom is 0.269 e. The summed E-state index contributed by atoms with van der Waals surface area (Å²) in [4.78, 5) is 23.8. The summed E-state index contributed by atoms with van der Waals surface area (Å²) in [7, 11) is 1.96.